The number of nitrogens with two attached hydrogens (primary N) is 1. The monoisotopic (exact) mass is 342 g/mol. The highest BCUT2D eigenvalue weighted by Crippen LogP contribution is 2.37. The smallest absolute Gasteiger partial charge is 0.0503 e. The minimum Gasteiger partial charge on any atom is -0.354 e. The van der Waals surface area contributed by atoms with E-state index in [9.17, 15) is 0 Å². The number of nitrogens with one attached hydrogen (secondary N) is 1. The fourth-order valence-corrected chi connectivity index (χ4v) is 4.17. The van der Waals surface area contributed by atoms with Gasteiger partial charge in [-0.1, -0.05) is 48.5 Å². The average molecular weight is 342 g/mol. The Bertz CT molecular complexity index is 1070. The van der Waals surface area contributed by atoms with Gasteiger partial charge in [0.05, 0.1) is 5.69 Å². The summed E-state index contributed by atoms with van der Waals surface area (Å²) in [5.41, 5.74) is 13.6. The number of hydrogen-bond acceptors (Lipinski definition) is 1. The van der Waals surface area contributed by atoms with Gasteiger partial charge >= 0.3 is 0 Å². The van der Waals surface area contributed by atoms with Crippen LogP contribution in [0.3, 0.4) is 0 Å². The first-order valence-corrected chi connectivity index (χ1v) is 9.49. The summed E-state index contributed by atoms with van der Waals surface area (Å²) >= 11 is 0. The normalized spacial score (nSPS) is 11.5. The van der Waals surface area contributed by atoms with Crippen LogP contribution < -0.4 is 5.73 Å². The number of aromatic nitrogens is 1. The standard InChI is InChI=1S/C24H26N2/c1-16-14-17(2)23-21(11-5-6-13-25)24(26-22(23)15-16)20-12-7-9-18-8-3-4-10-19(18)20/h3-4,7-10,12,14-15,26H,5-6,11,13,25H2,1-2H3. The Hall–Kier alpha value is -2.58. The predicted molar refractivity (Wildman–Crippen MR) is 113 cm³/mol. The summed E-state index contributed by atoms with van der Waals surface area (Å²) in [4.78, 5) is 3.75. The topological polar surface area (TPSA) is 41.8 Å². The molecule has 3 aromatic carbocycles. The molecule has 0 radical (unpaired) electrons. The lowest BCUT2D eigenvalue weighted by Crippen LogP contribution is -1.99. The van der Waals surface area contributed by atoms with Crippen LogP contribution in [0.4, 0.5) is 0 Å². The quantitative estimate of drug-likeness (QED) is 0.436. The average Bonchev–Trinajstić information content (AvgIpc) is 3.00. The van der Waals surface area contributed by atoms with Crippen LogP contribution in [-0.4, -0.2) is 11.5 Å². The molecule has 4 aromatic rings. The third-order valence-corrected chi connectivity index (χ3v) is 5.28. The van der Waals surface area contributed by atoms with Crippen molar-refractivity contribution in [2.24, 2.45) is 5.73 Å². The Morgan fingerprint density at radius 3 is 2.58 bits per heavy atom. The summed E-state index contributed by atoms with van der Waals surface area (Å²) in [5, 5.41) is 3.97. The van der Waals surface area contributed by atoms with Crippen molar-refractivity contribution in [1.29, 1.82) is 0 Å². The van der Waals surface area contributed by atoms with E-state index in [-0.39, 0.29) is 0 Å². The number of benzene rings is 3. The molecule has 0 spiro atoms. The van der Waals surface area contributed by atoms with Crippen molar-refractivity contribution in [1.82, 2.24) is 4.98 Å². The van der Waals surface area contributed by atoms with Gasteiger partial charge in [0, 0.05) is 16.5 Å². The largest absolute Gasteiger partial charge is 0.354 e. The van der Waals surface area contributed by atoms with Crippen LogP contribution in [-0.2, 0) is 6.42 Å². The van der Waals surface area contributed by atoms with Crippen molar-refractivity contribution in [2.45, 2.75) is 33.1 Å². The Balaban J connectivity index is 1.98. The van der Waals surface area contributed by atoms with E-state index in [1.54, 1.807) is 0 Å². The highest BCUT2D eigenvalue weighted by Gasteiger charge is 2.16. The molecule has 4 rings (SSSR count). The molecule has 0 aliphatic carbocycles. The number of unbranched alkanes of at least 4 members (excludes halogenated alkanes) is 1. The molecule has 2 nitrogen and oxygen atoms in total. The van der Waals surface area contributed by atoms with Crippen molar-refractivity contribution >= 4 is 21.7 Å². The summed E-state index contributed by atoms with van der Waals surface area (Å²) < 4.78 is 0. The molecule has 0 saturated carbocycles. The lowest BCUT2D eigenvalue weighted by molar-refractivity contribution is 0.748. The van der Waals surface area contributed by atoms with E-state index in [1.165, 1.54) is 49.6 Å². The summed E-state index contributed by atoms with van der Waals surface area (Å²) in [5.74, 6) is 0. The van der Waals surface area contributed by atoms with E-state index in [4.69, 9.17) is 5.73 Å². The third kappa shape index (κ3) is 2.91. The molecule has 1 aromatic heterocycles. The number of fused-ring (bicyclic) bond motifs is 2. The van der Waals surface area contributed by atoms with Crippen LogP contribution in [0.15, 0.2) is 54.6 Å². The zero-order valence-corrected chi connectivity index (χ0v) is 15.6. The van der Waals surface area contributed by atoms with E-state index in [1.807, 2.05) is 0 Å². The second-order valence-corrected chi connectivity index (χ2v) is 7.26. The first kappa shape index (κ1) is 16.9. The van der Waals surface area contributed by atoms with Gasteiger partial charge < -0.3 is 10.7 Å². The number of aryl methyl sites for hydroxylation is 3. The summed E-state index contributed by atoms with van der Waals surface area (Å²) in [6.07, 6.45) is 3.24. The van der Waals surface area contributed by atoms with Crippen LogP contribution >= 0.6 is 0 Å². The molecule has 1 heterocycles. The minimum atomic E-state index is 0.754. The highest BCUT2D eigenvalue weighted by molar-refractivity contribution is 6.01. The Labute approximate surface area is 155 Å². The Morgan fingerprint density at radius 2 is 1.73 bits per heavy atom. The molecule has 3 N–H and O–H groups in total. The van der Waals surface area contributed by atoms with Gasteiger partial charge in [-0.15, -0.1) is 0 Å². The number of aromatic amines is 1. The maximum atomic E-state index is 5.75. The molecule has 2 heteroatoms. The molecular weight excluding hydrogens is 316 g/mol. The zero-order valence-electron chi connectivity index (χ0n) is 15.6. The SMILES string of the molecule is Cc1cc(C)c2c(CCCCN)c(-c3cccc4ccccc34)[nH]c2c1. The van der Waals surface area contributed by atoms with Crippen molar-refractivity contribution in [3.63, 3.8) is 0 Å². The molecular formula is C24H26N2. The maximum Gasteiger partial charge on any atom is 0.0503 e. The van der Waals surface area contributed by atoms with Gasteiger partial charge in [0.25, 0.3) is 0 Å². The van der Waals surface area contributed by atoms with E-state index in [0.29, 0.717) is 0 Å². The number of H-pyrrole nitrogens is 1. The molecule has 0 unspecified atom stereocenters. The second kappa shape index (κ2) is 6.97. The predicted octanol–water partition coefficient (Wildman–Crippen LogP) is 5.89. The summed E-state index contributed by atoms with van der Waals surface area (Å²) in [6.45, 7) is 5.14. The maximum absolute atomic E-state index is 5.75. The molecule has 0 saturated heterocycles. The lowest BCUT2D eigenvalue weighted by atomic mass is 9.95. The molecule has 0 bridgehead atoms. The van der Waals surface area contributed by atoms with E-state index >= 15 is 0 Å². The summed E-state index contributed by atoms with van der Waals surface area (Å²) in [6, 6.07) is 19.8. The van der Waals surface area contributed by atoms with Crippen LogP contribution in [0.5, 0.6) is 0 Å². The molecule has 0 aliphatic heterocycles. The number of hydrogen-bond donors (Lipinski definition) is 2. The van der Waals surface area contributed by atoms with Crippen LogP contribution in [0.2, 0.25) is 0 Å². The van der Waals surface area contributed by atoms with Crippen molar-refractivity contribution < 1.29 is 0 Å². The number of rotatable bonds is 5. The van der Waals surface area contributed by atoms with Crippen LogP contribution in [0, 0.1) is 13.8 Å². The van der Waals surface area contributed by atoms with E-state index < -0.39 is 0 Å². The van der Waals surface area contributed by atoms with Crippen LogP contribution in [0.25, 0.3) is 32.9 Å². The van der Waals surface area contributed by atoms with Gasteiger partial charge in [0.1, 0.15) is 0 Å². The Morgan fingerprint density at radius 1 is 0.923 bits per heavy atom. The first-order chi connectivity index (χ1) is 12.7. The fraction of sp³-hybridized carbons (Fsp3) is 0.250. The summed E-state index contributed by atoms with van der Waals surface area (Å²) in [7, 11) is 0. The van der Waals surface area contributed by atoms with Gasteiger partial charge in [0.15, 0.2) is 0 Å². The highest BCUT2D eigenvalue weighted by atomic mass is 14.7. The van der Waals surface area contributed by atoms with Gasteiger partial charge in [-0.3, -0.25) is 0 Å². The van der Waals surface area contributed by atoms with Crippen LogP contribution in [0.1, 0.15) is 29.5 Å². The molecule has 132 valence electrons. The van der Waals surface area contributed by atoms with Crippen molar-refractivity contribution in [2.75, 3.05) is 6.54 Å². The van der Waals surface area contributed by atoms with Gasteiger partial charge in [0.2, 0.25) is 0 Å². The second-order valence-electron chi connectivity index (χ2n) is 7.26. The zero-order chi connectivity index (χ0) is 18.1. The fourth-order valence-electron chi connectivity index (χ4n) is 4.17. The Kier molecular flexibility index (Phi) is 4.52. The lowest BCUT2D eigenvalue weighted by Gasteiger charge is -2.09. The van der Waals surface area contributed by atoms with E-state index in [2.05, 4.69) is 73.4 Å². The molecule has 0 atom stereocenters. The molecule has 0 amide bonds. The van der Waals surface area contributed by atoms with Gasteiger partial charge in [-0.25, -0.2) is 0 Å². The van der Waals surface area contributed by atoms with Gasteiger partial charge in [-0.05, 0) is 73.2 Å². The first-order valence-electron chi connectivity index (χ1n) is 9.49. The van der Waals surface area contributed by atoms with Gasteiger partial charge in [-0.2, -0.15) is 0 Å². The minimum absolute atomic E-state index is 0.754. The van der Waals surface area contributed by atoms with E-state index in [0.717, 1.165) is 25.8 Å². The molecule has 0 fully saturated rings. The van der Waals surface area contributed by atoms with Crippen molar-refractivity contribution in [3.05, 3.63) is 71.3 Å². The third-order valence-electron chi connectivity index (χ3n) is 5.28. The van der Waals surface area contributed by atoms with Crippen molar-refractivity contribution in [3.8, 4) is 11.3 Å². The molecule has 0 aliphatic rings. The molecule has 26 heavy (non-hydrogen) atoms.